The van der Waals surface area contributed by atoms with Crippen LogP contribution in [0, 0.1) is 6.92 Å². The van der Waals surface area contributed by atoms with Crippen molar-refractivity contribution < 1.29 is 21.3 Å². The SMILES string of the molecule is Cc1c(CN(C)CCc2ccc(NS(C)(=O)=O)cc2)oc2ccc(NS(C)(=O)=O)cc12. The summed E-state index contributed by atoms with van der Waals surface area (Å²) in [5.74, 6) is 0.835. The zero-order chi connectivity index (χ0) is 22.8. The molecule has 0 radical (unpaired) electrons. The van der Waals surface area contributed by atoms with E-state index in [9.17, 15) is 16.8 Å². The Balaban J connectivity index is 1.63. The van der Waals surface area contributed by atoms with Crippen molar-refractivity contribution in [3.63, 3.8) is 0 Å². The molecule has 0 aliphatic heterocycles. The van der Waals surface area contributed by atoms with Gasteiger partial charge in [0, 0.05) is 23.3 Å². The number of hydrogen-bond donors (Lipinski definition) is 2. The maximum atomic E-state index is 11.5. The van der Waals surface area contributed by atoms with Crippen LogP contribution < -0.4 is 9.44 Å². The normalized spacial score (nSPS) is 12.4. The molecule has 2 aromatic carbocycles. The smallest absolute Gasteiger partial charge is 0.229 e. The van der Waals surface area contributed by atoms with Crippen molar-refractivity contribution in [3.05, 3.63) is 59.4 Å². The molecular formula is C21H27N3O5S2. The van der Waals surface area contributed by atoms with Gasteiger partial charge in [-0.15, -0.1) is 0 Å². The number of nitrogens with one attached hydrogen (secondary N) is 2. The van der Waals surface area contributed by atoms with Crippen molar-refractivity contribution in [3.8, 4) is 0 Å². The van der Waals surface area contributed by atoms with Gasteiger partial charge in [0.15, 0.2) is 0 Å². The summed E-state index contributed by atoms with van der Waals surface area (Å²) in [5.41, 5.74) is 3.85. The van der Waals surface area contributed by atoms with E-state index in [1.165, 1.54) is 0 Å². The molecule has 31 heavy (non-hydrogen) atoms. The Labute approximate surface area is 183 Å². The lowest BCUT2D eigenvalue weighted by molar-refractivity contribution is 0.301. The maximum absolute atomic E-state index is 11.5. The average Bonchev–Trinajstić information content (AvgIpc) is 2.94. The van der Waals surface area contributed by atoms with E-state index in [0.29, 0.717) is 23.5 Å². The highest BCUT2D eigenvalue weighted by molar-refractivity contribution is 7.92. The fourth-order valence-corrected chi connectivity index (χ4v) is 4.42. The molecular weight excluding hydrogens is 438 g/mol. The first-order valence-corrected chi connectivity index (χ1v) is 13.4. The number of benzene rings is 2. The van der Waals surface area contributed by atoms with Gasteiger partial charge in [0.2, 0.25) is 20.0 Å². The monoisotopic (exact) mass is 465 g/mol. The number of sulfonamides is 2. The molecule has 0 spiro atoms. The molecule has 0 saturated heterocycles. The number of furan rings is 1. The predicted molar refractivity (Wildman–Crippen MR) is 124 cm³/mol. The maximum Gasteiger partial charge on any atom is 0.229 e. The standard InChI is InChI=1S/C21H27N3O5S2/c1-15-19-13-18(23-31(4,27)28)9-10-20(19)29-21(15)14-24(2)12-11-16-5-7-17(8-6-16)22-30(3,25)26/h5-10,13,22-23H,11-12,14H2,1-4H3. The molecule has 168 valence electrons. The van der Waals surface area contributed by atoms with Gasteiger partial charge in [0.25, 0.3) is 0 Å². The molecule has 2 N–H and O–H groups in total. The van der Waals surface area contributed by atoms with Crippen LogP contribution in [0.1, 0.15) is 16.9 Å². The van der Waals surface area contributed by atoms with Crippen LogP contribution >= 0.6 is 0 Å². The van der Waals surface area contributed by atoms with E-state index in [1.54, 1.807) is 30.3 Å². The summed E-state index contributed by atoms with van der Waals surface area (Å²) in [6, 6.07) is 12.6. The second-order valence-corrected chi connectivity index (χ2v) is 11.3. The number of rotatable bonds is 9. The van der Waals surface area contributed by atoms with E-state index >= 15 is 0 Å². The average molecular weight is 466 g/mol. The molecule has 1 aromatic heterocycles. The molecule has 1 heterocycles. The van der Waals surface area contributed by atoms with Crippen LogP contribution in [0.4, 0.5) is 11.4 Å². The third-order valence-corrected chi connectivity index (χ3v) is 6.00. The van der Waals surface area contributed by atoms with Crippen LogP contribution in [0.25, 0.3) is 11.0 Å². The molecule has 0 aliphatic carbocycles. The van der Waals surface area contributed by atoms with Crippen molar-refractivity contribution in [2.24, 2.45) is 0 Å². The van der Waals surface area contributed by atoms with Crippen molar-refractivity contribution in [1.82, 2.24) is 4.90 Å². The summed E-state index contributed by atoms with van der Waals surface area (Å²) < 4.78 is 56.4. The summed E-state index contributed by atoms with van der Waals surface area (Å²) in [5, 5.41) is 0.881. The number of fused-ring (bicyclic) bond motifs is 1. The number of nitrogens with zero attached hydrogens (tertiary/aromatic N) is 1. The Morgan fingerprint density at radius 2 is 1.48 bits per heavy atom. The Kier molecular flexibility index (Phi) is 6.63. The molecule has 0 bridgehead atoms. The molecule has 10 heteroatoms. The quantitative estimate of drug-likeness (QED) is 0.502. The highest BCUT2D eigenvalue weighted by Crippen LogP contribution is 2.29. The Morgan fingerprint density at radius 3 is 2.10 bits per heavy atom. The van der Waals surface area contributed by atoms with Crippen LogP contribution in [0.5, 0.6) is 0 Å². The van der Waals surface area contributed by atoms with Gasteiger partial charge in [0.1, 0.15) is 11.3 Å². The highest BCUT2D eigenvalue weighted by Gasteiger charge is 2.14. The first kappa shape index (κ1) is 23.1. The predicted octanol–water partition coefficient (Wildman–Crippen LogP) is 3.16. The molecule has 0 saturated carbocycles. The largest absolute Gasteiger partial charge is 0.459 e. The Bertz CT molecular complexity index is 1280. The molecule has 0 amide bonds. The Morgan fingerprint density at radius 1 is 0.903 bits per heavy atom. The molecule has 8 nitrogen and oxygen atoms in total. The van der Waals surface area contributed by atoms with Crippen molar-refractivity contribution in [2.75, 3.05) is 35.5 Å². The van der Waals surface area contributed by atoms with Gasteiger partial charge in [-0.05, 0) is 61.9 Å². The summed E-state index contributed by atoms with van der Waals surface area (Å²) in [7, 11) is -4.62. The van der Waals surface area contributed by atoms with Gasteiger partial charge in [0.05, 0.1) is 19.1 Å². The Hall–Kier alpha value is -2.56. The van der Waals surface area contributed by atoms with Crippen LogP contribution in [-0.4, -0.2) is 47.8 Å². The van der Waals surface area contributed by atoms with E-state index in [4.69, 9.17) is 4.42 Å². The van der Waals surface area contributed by atoms with Gasteiger partial charge < -0.3 is 4.42 Å². The molecule has 0 atom stereocenters. The van der Waals surface area contributed by atoms with E-state index in [1.807, 2.05) is 26.1 Å². The summed E-state index contributed by atoms with van der Waals surface area (Å²) in [6.45, 7) is 3.37. The molecule has 0 unspecified atom stereocenters. The molecule has 0 aliphatic rings. The number of aryl methyl sites for hydroxylation is 1. The molecule has 3 aromatic rings. The lowest BCUT2D eigenvalue weighted by Gasteiger charge is -2.15. The minimum absolute atomic E-state index is 0.507. The van der Waals surface area contributed by atoms with Gasteiger partial charge in [-0.2, -0.15) is 0 Å². The van der Waals surface area contributed by atoms with Gasteiger partial charge in [-0.3, -0.25) is 14.3 Å². The lowest BCUT2D eigenvalue weighted by Crippen LogP contribution is -2.20. The summed E-state index contributed by atoms with van der Waals surface area (Å²) in [4.78, 5) is 2.14. The minimum Gasteiger partial charge on any atom is -0.459 e. The van der Waals surface area contributed by atoms with E-state index in [-0.39, 0.29) is 0 Å². The minimum atomic E-state index is -3.34. The highest BCUT2D eigenvalue weighted by atomic mass is 32.2. The second-order valence-electron chi connectivity index (χ2n) is 7.79. The third kappa shape index (κ3) is 6.71. The molecule has 3 rings (SSSR count). The van der Waals surface area contributed by atoms with E-state index in [2.05, 4.69) is 14.3 Å². The molecule has 0 fully saturated rings. The summed E-state index contributed by atoms with van der Waals surface area (Å²) >= 11 is 0. The number of anilines is 2. The number of likely N-dealkylation sites (N-methyl/N-ethyl adjacent to an activating group) is 1. The number of hydrogen-bond acceptors (Lipinski definition) is 6. The lowest BCUT2D eigenvalue weighted by atomic mass is 10.1. The zero-order valence-corrected chi connectivity index (χ0v) is 19.6. The second kappa shape index (κ2) is 8.89. The zero-order valence-electron chi connectivity index (χ0n) is 18.0. The van der Waals surface area contributed by atoms with Crippen molar-refractivity contribution in [2.45, 2.75) is 19.9 Å². The first-order chi connectivity index (χ1) is 14.4. The first-order valence-electron chi connectivity index (χ1n) is 9.65. The van der Waals surface area contributed by atoms with Gasteiger partial charge >= 0.3 is 0 Å². The van der Waals surface area contributed by atoms with Crippen LogP contribution in [0.3, 0.4) is 0 Å². The van der Waals surface area contributed by atoms with E-state index < -0.39 is 20.0 Å². The fourth-order valence-electron chi connectivity index (χ4n) is 3.30. The van der Waals surface area contributed by atoms with Crippen LogP contribution in [0.15, 0.2) is 46.9 Å². The van der Waals surface area contributed by atoms with Crippen LogP contribution in [-0.2, 0) is 33.0 Å². The third-order valence-electron chi connectivity index (χ3n) is 4.79. The van der Waals surface area contributed by atoms with Crippen LogP contribution in [0.2, 0.25) is 0 Å². The van der Waals surface area contributed by atoms with Crippen molar-refractivity contribution in [1.29, 1.82) is 0 Å². The van der Waals surface area contributed by atoms with Gasteiger partial charge in [-0.25, -0.2) is 16.8 Å². The summed E-state index contributed by atoms with van der Waals surface area (Å²) in [6.07, 6.45) is 3.05. The van der Waals surface area contributed by atoms with E-state index in [0.717, 1.165) is 47.8 Å². The van der Waals surface area contributed by atoms with Gasteiger partial charge in [-0.1, -0.05) is 12.1 Å². The van der Waals surface area contributed by atoms with Crippen molar-refractivity contribution >= 4 is 42.4 Å². The topological polar surface area (TPSA) is 109 Å². The fraction of sp³-hybridized carbons (Fsp3) is 0.333.